The number of hydrogen-bond acceptors (Lipinski definition) is 4. The van der Waals surface area contributed by atoms with Crippen LogP contribution in [0.4, 0.5) is 4.79 Å². The average Bonchev–Trinajstić information content (AvgIpc) is 3.16. The average molecular weight is 385 g/mol. The fraction of sp³-hybridized carbons (Fsp3) is 0.300. The van der Waals surface area contributed by atoms with Gasteiger partial charge in [-0.2, -0.15) is 0 Å². The zero-order valence-corrected chi connectivity index (χ0v) is 15.2. The number of halogens is 1. The predicted molar refractivity (Wildman–Crippen MR) is 98.0 cm³/mol. The molecule has 7 heteroatoms. The standard InChI is InChI=1S/C20H17ClN2O4/c21-15-9-12(10-16-17(15)27-8-7-26-16)11-23-18(24)20(22-19(23)25)6-5-13-3-1-2-4-14(13)20/h1-4,9-10H,5-8,11H2,(H,22,25)/t20-/m0/s1. The Morgan fingerprint density at radius 3 is 2.85 bits per heavy atom. The molecule has 3 amide bonds. The number of nitrogens with one attached hydrogen (secondary N) is 1. The SMILES string of the molecule is O=C1N[C@]2(CCc3ccccc32)C(=O)N1Cc1cc(Cl)c2c(c1)OCCO2. The molecular formula is C20H17ClN2O4. The molecule has 5 rings (SSSR count). The molecule has 0 bridgehead atoms. The topological polar surface area (TPSA) is 67.9 Å². The molecule has 2 aliphatic heterocycles. The Hall–Kier alpha value is -2.73. The molecule has 2 aromatic rings. The zero-order valence-electron chi connectivity index (χ0n) is 14.5. The van der Waals surface area contributed by atoms with E-state index in [1.165, 1.54) is 4.90 Å². The van der Waals surface area contributed by atoms with Crippen molar-refractivity contribution >= 4 is 23.5 Å². The van der Waals surface area contributed by atoms with Gasteiger partial charge in [0.1, 0.15) is 18.8 Å². The minimum atomic E-state index is -0.953. The molecule has 1 aliphatic carbocycles. The highest BCUT2D eigenvalue weighted by atomic mass is 35.5. The summed E-state index contributed by atoms with van der Waals surface area (Å²) in [6.07, 6.45) is 1.35. The lowest BCUT2D eigenvalue weighted by atomic mass is 9.92. The second kappa shape index (κ2) is 5.89. The molecular weight excluding hydrogens is 368 g/mol. The second-order valence-electron chi connectivity index (χ2n) is 6.99. The van der Waals surface area contributed by atoms with Crippen molar-refractivity contribution < 1.29 is 19.1 Å². The van der Waals surface area contributed by atoms with Crippen molar-refractivity contribution in [3.8, 4) is 11.5 Å². The molecule has 1 saturated heterocycles. The van der Waals surface area contributed by atoms with Crippen LogP contribution in [0, 0.1) is 0 Å². The van der Waals surface area contributed by atoms with E-state index in [2.05, 4.69) is 5.32 Å². The van der Waals surface area contributed by atoms with Gasteiger partial charge in [-0.25, -0.2) is 4.79 Å². The number of imide groups is 1. The molecule has 1 atom stereocenters. The molecule has 138 valence electrons. The van der Waals surface area contributed by atoms with Crippen LogP contribution in [-0.2, 0) is 23.3 Å². The first-order chi connectivity index (χ1) is 13.1. The van der Waals surface area contributed by atoms with Gasteiger partial charge >= 0.3 is 6.03 Å². The molecule has 2 aromatic carbocycles. The summed E-state index contributed by atoms with van der Waals surface area (Å²) in [5, 5.41) is 3.34. The van der Waals surface area contributed by atoms with E-state index in [9.17, 15) is 9.59 Å². The largest absolute Gasteiger partial charge is 0.486 e. The minimum Gasteiger partial charge on any atom is -0.486 e. The van der Waals surface area contributed by atoms with E-state index in [4.69, 9.17) is 21.1 Å². The van der Waals surface area contributed by atoms with Crippen molar-refractivity contribution in [2.45, 2.75) is 24.9 Å². The molecule has 2 heterocycles. The van der Waals surface area contributed by atoms with E-state index in [-0.39, 0.29) is 18.5 Å². The fourth-order valence-electron chi connectivity index (χ4n) is 4.17. The van der Waals surface area contributed by atoms with Crippen molar-refractivity contribution in [2.75, 3.05) is 13.2 Å². The highest BCUT2D eigenvalue weighted by molar-refractivity contribution is 6.32. The molecule has 1 N–H and O–H groups in total. The van der Waals surface area contributed by atoms with Gasteiger partial charge in [0.15, 0.2) is 11.5 Å². The van der Waals surface area contributed by atoms with Gasteiger partial charge in [-0.1, -0.05) is 35.9 Å². The van der Waals surface area contributed by atoms with Crippen LogP contribution in [-0.4, -0.2) is 30.1 Å². The first-order valence-corrected chi connectivity index (χ1v) is 9.27. The molecule has 3 aliphatic rings. The number of urea groups is 1. The van der Waals surface area contributed by atoms with Crippen molar-refractivity contribution in [3.05, 3.63) is 58.1 Å². The predicted octanol–water partition coefficient (Wildman–Crippen LogP) is 3.00. The molecule has 6 nitrogen and oxygen atoms in total. The van der Waals surface area contributed by atoms with Gasteiger partial charge in [-0.3, -0.25) is 9.69 Å². The third-order valence-corrected chi connectivity index (χ3v) is 5.70. The van der Waals surface area contributed by atoms with Crippen LogP contribution >= 0.6 is 11.6 Å². The van der Waals surface area contributed by atoms with Gasteiger partial charge in [-0.05, 0) is 41.7 Å². The van der Waals surface area contributed by atoms with Crippen molar-refractivity contribution in [1.82, 2.24) is 10.2 Å². The molecule has 0 radical (unpaired) electrons. The Balaban J connectivity index is 1.47. The maximum Gasteiger partial charge on any atom is 0.325 e. The number of nitrogens with zero attached hydrogens (tertiary/aromatic N) is 1. The number of hydrogen-bond donors (Lipinski definition) is 1. The van der Waals surface area contributed by atoms with Gasteiger partial charge in [0.2, 0.25) is 0 Å². The number of rotatable bonds is 2. The summed E-state index contributed by atoms with van der Waals surface area (Å²) in [6, 6.07) is 10.9. The summed E-state index contributed by atoms with van der Waals surface area (Å²) < 4.78 is 11.1. The maximum atomic E-state index is 13.2. The van der Waals surface area contributed by atoms with Crippen LogP contribution in [0.1, 0.15) is 23.1 Å². The highest BCUT2D eigenvalue weighted by Gasteiger charge is 2.55. The number of benzene rings is 2. The first kappa shape index (κ1) is 16.4. The number of carbonyl (C=O) groups is 2. The Labute approximate surface area is 161 Å². The molecule has 0 aromatic heterocycles. The van der Waals surface area contributed by atoms with E-state index in [0.29, 0.717) is 36.2 Å². The normalized spacial score (nSPS) is 22.9. The smallest absolute Gasteiger partial charge is 0.325 e. The van der Waals surface area contributed by atoms with Crippen LogP contribution in [0.3, 0.4) is 0 Å². The number of ether oxygens (including phenoxy) is 2. The number of fused-ring (bicyclic) bond motifs is 3. The van der Waals surface area contributed by atoms with Gasteiger partial charge in [0.05, 0.1) is 11.6 Å². The van der Waals surface area contributed by atoms with Gasteiger partial charge in [0, 0.05) is 0 Å². The molecule has 0 unspecified atom stereocenters. The Morgan fingerprint density at radius 2 is 1.96 bits per heavy atom. The number of carbonyl (C=O) groups excluding carboxylic acids is 2. The van der Waals surface area contributed by atoms with Crippen LogP contribution in [0.5, 0.6) is 11.5 Å². The van der Waals surface area contributed by atoms with E-state index in [0.717, 1.165) is 23.1 Å². The third kappa shape index (κ3) is 2.40. The summed E-state index contributed by atoms with van der Waals surface area (Å²) in [6.45, 7) is 1.02. The third-order valence-electron chi connectivity index (χ3n) is 5.42. The van der Waals surface area contributed by atoms with Crippen LogP contribution in [0.25, 0.3) is 0 Å². The molecule has 1 spiro atoms. The summed E-state index contributed by atoms with van der Waals surface area (Å²) in [4.78, 5) is 27.1. The number of amides is 3. The number of aryl methyl sites for hydroxylation is 1. The van der Waals surface area contributed by atoms with E-state index in [1.54, 1.807) is 12.1 Å². The highest BCUT2D eigenvalue weighted by Crippen LogP contribution is 2.43. The lowest BCUT2D eigenvalue weighted by molar-refractivity contribution is -0.132. The summed E-state index contributed by atoms with van der Waals surface area (Å²) in [7, 11) is 0. The van der Waals surface area contributed by atoms with Gasteiger partial charge < -0.3 is 14.8 Å². The van der Waals surface area contributed by atoms with Gasteiger partial charge in [-0.15, -0.1) is 0 Å². The molecule has 27 heavy (non-hydrogen) atoms. The van der Waals surface area contributed by atoms with E-state index >= 15 is 0 Å². The monoisotopic (exact) mass is 384 g/mol. The zero-order chi connectivity index (χ0) is 18.6. The lowest BCUT2D eigenvalue weighted by Crippen LogP contribution is -2.41. The fourth-order valence-corrected chi connectivity index (χ4v) is 4.46. The van der Waals surface area contributed by atoms with Crippen LogP contribution < -0.4 is 14.8 Å². The van der Waals surface area contributed by atoms with Crippen molar-refractivity contribution in [1.29, 1.82) is 0 Å². The van der Waals surface area contributed by atoms with Crippen molar-refractivity contribution in [3.63, 3.8) is 0 Å². The second-order valence-corrected chi connectivity index (χ2v) is 7.39. The minimum absolute atomic E-state index is 0.130. The Bertz CT molecular complexity index is 976. The first-order valence-electron chi connectivity index (χ1n) is 8.89. The summed E-state index contributed by atoms with van der Waals surface area (Å²) >= 11 is 6.28. The van der Waals surface area contributed by atoms with Gasteiger partial charge in [0.25, 0.3) is 5.91 Å². The van der Waals surface area contributed by atoms with E-state index < -0.39 is 5.54 Å². The summed E-state index contributed by atoms with van der Waals surface area (Å²) in [5.74, 6) is 0.824. The molecule has 1 fully saturated rings. The quantitative estimate of drug-likeness (QED) is 0.808. The lowest BCUT2D eigenvalue weighted by Gasteiger charge is -2.23. The molecule has 0 saturated carbocycles. The maximum absolute atomic E-state index is 13.2. The Kier molecular flexibility index (Phi) is 3.59. The van der Waals surface area contributed by atoms with Crippen LogP contribution in [0.15, 0.2) is 36.4 Å². The van der Waals surface area contributed by atoms with Crippen LogP contribution in [0.2, 0.25) is 5.02 Å². The van der Waals surface area contributed by atoms with E-state index in [1.807, 2.05) is 24.3 Å². The Morgan fingerprint density at radius 1 is 1.15 bits per heavy atom. The summed E-state index contributed by atoms with van der Waals surface area (Å²) in [5.41, 5.74) is 1.77. The van der Waals surface area contributed by atoms with Crippen molar-refractivity contribution in [2.24, 2.45) is 0 Å².